The van der Waals surface area contributed by atoms with Crippen LogP contribution in [0.25, 0.3) is 0 Å². The van der Waals surface area contributed by atoms with Gasteiger partial charge in [0.05, 0.1) is 11.4 Å². The molecule has 0 radical (unpaired) electrons. The maximum atomic E-state index is 12.5. The van der Waals surface area contributed by atoms with Gasteiger partial charge in [0.1, 0.15) is 11.6 Å². The number of piperidine rings is 1. The van der Waals surface area contributed by atoms with Crippen LogP contribution in [0.5, 0.6) is 5.75 Å². The topological polar surface area (TPSA) is 71.5 Å². The van der Waals surface area contributed by atoms with Crippen LogP contribution in [0.1, 0.15) is 18.4 Å². The SMILES string of the molecule is O=C(Nc1ccc(Cl)cn1)C1CCN(C(=O)Cc2ccc(OC(F)(F)F)cc2)CC1. The number of benzene rings is 1. The number of halogens is 4. The second-order valence-corrected chi connectivity index (χ2v) is 7.31. The number of ether oxygens (including phenoxy) is 1. The van der Waals surface area contributed by atoms with Gasteiger partial charge in [-0.2, -0.15) is 0 Å². The molecule has 0 atom stereocenters. The van der Waals surface area contributed by atoms with Crippen LogP contribution in [0.15, 0.2) is 42.6 Å². The van der Waals surface area contributed by atoms with Gasteiger partial charge in [0, 0.05) is 25.2 Å². The highest BCUT2D eigenvalue weighted by Crippen LogP contribution is 2.24. The van der Waals surface area contributed by atoms with E-state index in [9.17, 15) is 22.8 Å². The number of anilines is 1. The third-order valence-corrected chi connectivity index (χ3v) is 4.93. The van der Waals surface area contributed by atoms with Crippen LogP contribution in [-0.2, 0) is 16.0 Å². The third-order valence-electron chi connectivity index (χ3n) is 4.71. The van der Waals surface area contributed by atoms with E-state index >= 15 is 0 Å². The van der Waals surface area contributed by atoms with Gasteiger partial charge in [-0.3, -0.25) is 9.59 Å². The van der Waals surface area contributed by atoms with Gasteiger partial charge in [0.15, 0.2) is 0 Å². The summed E-state index contributed by atoms with van der Waals surface area (Å²) < 4.78 is 40.4. The van der Waals surface area contributed by atoms with E-state index in [1.165, 1.54) is 30.5 Å². The van der Waals surface area contributed by atoms with Gasteiger partial charge in [0.2, 0.25) is 11.8 Å². The normalized spacial score (nSPS) is 15.0. The van der Waals surface area contributed by atoms with Crippen LogP contribution in [0.3, 0.4) is 0 Å². The van der Waals surface area contributed by atoms with E-state index in [-0.39, 0.29) is 29.9 Å². The standard InChI is InChI=1S/C20H19ClF3N3O3/c21-15-3-6-17(25-12-15)26-19(29)14-7-9-27(10-8-14)18(28)11-13-1-4-16(5-2-13)30-20(22,23)24/h1-6,12,14H,7-11H2,(H,25,26,29). The number of amides is 2. The molecule has 1 fully saturated rings. The highest BCUT2D eigenvalue weighted by atomic mass is 35.5. The first kappa shape index (κ1) is 21.9. The molecule has 0 unspecified atom stereocenters. The van der Waals surface area contributed by atoms with Crippen LogP contribution in [0.4, 0.5) is 19.0 Å². The number of rotatable bonds is 5. The Balaban J connectivity index is 1.46. The Morgan fingerprint density at radius 2 is 1.80 bits per heavy atom. The molecule has 0 spiro atoms. The lowest BCUT2D eigenvalue weighted by Crippen LogP contribution is -2.42. The molecular weight excluding hydrogens is 423 g/mol. The van der Waals surface area contributed by atoms with Crippen molar-refractivity contribution in [3.05, 3.63) is 53.2 Å². The van der Waals surface area contributed by atoms with Crippen LogP contribution < -0.4 is 10.1 Å². The molecule has 1 N–H and O–H groups in total. The summed E-state index contributed by atoms with van der Waals surface area (Å²) >= 11 is 5.77. The number of likely N-dealkylation sites (tertiary alicyclic amines) is 1. The number of carbonyl (C=O) groups excluding carboxylic acids is 2. The zero-order chi connectivity index (χ0) is 21.7. The van der Waals surface area contributed by atoms with Crippen molar-refractivity contribution >= 4 is 29.2 Å². The minimum absolute atomic E-state index is 0.0673. The molecule has 2 heterocycles. The molecule has 160 valence electrons. The molecule has 1 aromatic carbocycles. The Labute approximate surface area is 176 Å². The molecule has 1 aliphatic rings. The van der Waals surface area contributed by atoms with Gasteiger partial charge >= 0.3 is 6.36 Å². The number of hydrogen-bond acceptors (Lipinski definition) is 4. The second-order valence-electron chi connectivity index (χ2n) is 6.87. The molecule has 0 saturated carbocycles. The number of pyridine rings is 1. The highest BCUT2D eigenvalue weighted by molar-refractivity contribution is 6.30. The lowest BCUT2D eigenvalue weighted by Gasteiger charge is -2.31. The zero-order valence-corrected chi connectivity index (χ0v) is 16.5. The molecule has 2 amide bonds. The van der Waals surface area contributed by atoms with Gasteiger partial charge in [-0.05, 0) is 42.7 Å². The van der Waals surface area contributed by atoms with Gasteiger partial charge < -0.3 is 15.0 Å². The molecule has 1 saturated heterocycles. The van der Waals surface area contributed by atoms with E-state index in [0.717, 1.165) is 0 Å². The maximum absolute atomic E-state index is 12.5. The Morgan fingerprint density at radius 3 is 2.37 bits per heavy atom. The van der Waals surface area contributed by atoms with Gasteiger partial charge in [-0.25, -0.2) is 4.98 Å². The van der Waals surface area contributed by atoms with E-state index in [1.807, 2.05) is 0 Å². The van der Waals surface area contributed by atoms with Crippen molar-refractivity contribution in [1.29, 1.82) is 0 Å². The average molecular weight is 442 g/mol. The van der Waals surface area contributed by atoms with E-state index < -0.39 is 6.36 Å². The fourth-order valence-corrected chi connectivity index (χ4v) is 3.28. The quantitative estimate of drug-likeness (QED) is 0.759. The summed E-state index contributed by atoms with van der Waals surface area (Å²) in [5, 5.41) is 3.21. The molecule has 1 aliphatic heterocycles. The van der Waals surface area contributed by atoms with E-state index in [0.29, 0.717) is 42.3 Å². The van der Waals surface area contributed by atoms with Crippen LogP contribution in [0, 0.1) is 5.92 Å². The van der Waals surface area contributed by atoms with Crippen molar-refractivity contribution in [1.82, 2.24) is 9.88 Å². The van der Waals surface area contributed by atoms with Crippen molar-refractivity contribution in [2.75, 3.05) is 18.4 Å². The number of nitrogens with zero attached hydrogens (tertiary/aromatic N) is 2. The number of nitrogens with one attached hydrogen (secondary N) is 1. The molecule has 2 aromatic rings. The summed E-state index contributed by atoms with van der Waals surface area (Å²) in [4.78, 5) is 30.5. The Bertz CT molecular complexity index is 881. The van der Waals surface area contributed by atoms with E-state index in [2.05, 4.69) is 15.0 Å². The van der Waals surface area contributed by atoms with Crippen molar-refractivity contribution in [3.8, 4) is 5.75 Å². The Hall–Kier alpha value is -2.81. The maximum Gasteiger partial charge on any atom is 0.573 e. The Morgan fingerprint density at radius 1 is 1.13 bits per heavy atom. The first-order valence-corrected chi connectivity index (χ1v) is 9.62. The van der Waals surface area contributed by atoms with Crippen LogP contribution in [-0.4, -0.2) is 41.2 Å². The monoisotopic (exact) mass is 441 g/mol. The first-order chi connectivity index (χ1) is 14.2. The minimum Gasteiger partial charge on any atom is -0.406 e. The number of aromatic nitrogens is 1. The summed E-state index contributed by atoms with van der Waals surface area (Å²) in [5.74, 6) is -0.443. The van der Waals surface area contributed by atoms with Gasteiger partial charge in [-0.15, -0.1) is 13.2 Å². The number of hydrogen-bond donors (Lipinski definition) is 1. The van der Waals surface area contributed by atoms with Crippen LogP contribution in [0.2, 0.25) is 5.02 Å². The summed E-state index contributed by atoms with van der Waals surface area (Å²) in [6, 6.07) is 8.46. The average Bonchev–Trinajstić information content (AvgIpc) is 2.70. The first-order valence-electron chi connectivity index (χ1n) is 9.24. The van der Waals surface area contributed by atoms with Crippen molar-refractivity contribution in [2.45, 2.75) is 25.6 Å². The molecule has 1 aromatic heterocycles. The lowest BCUT2D eigenvalue weighted by molar-refractivity contribution is -0.274. The van der Waals surface area contributed by atoms with Crippen molar-refractivity contribution < 1.29 is 27.5 Å². The molecule has 10 heteroatoms. The van der Waals surface area contributed by atoms with Gasteiger partial charge in [0.25, 0.3) is 0 Å². The Kier molecular flexibility index (Phi) is 6.81. The molecule has 0 aliphatic carbocycles. The predicted octanol–water partition coefficient (Wildman–Crippen LogP) is 4.05. The molecule has 3 rings (SSSR count). The summed E-state index contributed by atoms with van der Waals surface area (Å²) in [7, 11) is 0. The van der Waals surface area contributed by atoms with Crippen LogP contribution >= 0.6 is 11.6 Å². The van der Waals surface area contributed by atoms with E-state index in [4.69, 9.17) is 11.6 Å². The fourth-order valence-electron chi connectivity index (χ4n) is 3.16. The highest BCUT2D eigenvalue weighted by Gasteiger charge is 2.31. The molecule has 0 bridgehead atoms. The molecule has 6 nitrogen and oxygen atoms in total. The largest absolute Gasteiger partial charge is 0.573 e. The third kappa shape index (κ3) is 6.35. The smallest absolute Gasteiger partial charge is 0.406 e. The van der Waals surface area contributed by atoms with Crippen molar-refractivity contribution in [2.24, 2.45) is 5.92 Å². The second kappa shape index (κ2) is 9.34. The van der Waals surface area contributed by atoms with Crippen molar-refractivity contribution in [3.63, 3.8) is 0 Å². The van der Waals surface area contributed by atoms with Gasteiger partial charge in [-0.1, -0.05) is 23.7 Å². The lowest BCUT2D eigenvalue weighted by atomic mass is 9.95. The molecule has 30 heavy (non-hydrogen) atoms. The predicted molar refractivity (Wildman–Crippen MR) is 104 cm³/mol. The zero-order valence-electron chi connectivity index (χ0n) is 15.8. The molecular formula is C20H19ClF3N3O3. The minimum atomic E-state index is -4.75. The number of alkyl halides is 3. The summed E-state index contributed by atoms with van der Waals surface area (Å²) in [6.45, 7) is 0.862. The number of carbonyl (C=O) groups is 2. The van der Waals surface area contributed by atoms with E-state index in [1.54, 1.807) is 17.0 Å². The summed E-state index contributed by atoms with van der Waals surface area (Å²) in [6.07, 6.45) is -2.21. The summed E-state index contributed by atoms with van der Waals surface area (Å²) in [5.41, 5.74) is 0.586. The fraction of sp³-hybridized carbons (Fsp3) is 0.350.